The summed E-state index contributed by atoms with van der Waals surface area (Å²) >= 11 is 12.2. The number of hydrogen-bond donors (Lipinski definition) is 0. The van der Waals surface area contributed by atoms with Crippen LogP contribution in [0.1, 0.15) is 11.4 Å². The Bertz CT molecular complexity index is 924. The number of rotatable bonds is 2. The van der Waals surface area contributed by atoms with Gasteiger partial charge in [0, 0.05) is 75.2 Å². The summed E-state index contributed by atoms with van der Waals surface area (Å²) in [7, 11) is 0. The fraction of sp³-hybridized carbons (Fsp3) is 0.111. The third-order valence-corrected chi connectivity index (χ3v) is 6.24. The quantitative estimate of drug-likeness (QED) is 0.243. The lowest BCUT2D eigenvalue weighted by Gasteiger charge is -1.91. The van der Waals surface area contributed by atoms with Crippen LogP contribution in [0.3, 0.4) is 0 Å². The molecule has 0 aromatic carbocycles. The van der Waals surface area contributed by atoms with E-state index in [0.29, 0.717) is 0 Å². The standard InChI is InChI=1S/C9H7BrN2S.C9H8N2S.Br2/c1-6-8(10)13-9(12-6)7-3-2-4-11-5-7;1-7-6-12-9(11-7)8-3-2-4-10-5-8;1-2/h2-5H,1H3;2-6H,1H3;. The number of pyridine rings is 2. The molecule has 27 heavy (non-hydrogen) atoms. The van der Waals surface area contributed by atoms with Gasteiger partial charge in [-0.1, -0.05) is 0 Å². The highest BCUT2D eigenvalue weighted by Crippen LogP contribution is 2.30. The molecule has 140 valence electrons. The fourth-order valence-corrected chi connectivity index (χ4v) is 4.09. The van der Waals surface area contributed by atoms with E-state index in [1.54, 1.807) is 35.1 Å². The first kappa shape index (κ1) is 22.3. The van der Waals surface area contributed by atoms with Gasteiger partial charge in [-0.3, -0.25) is 9.97 Å². The molecule has 0 amide bonds. The van der Waals surface area contributed by atoms with Gasteiger partial charge < -0.3 is 0 Å². The lowest BCUT2D eigenvalue weighted by Crippen LogP contribution is -1.77. The van der Waals surface area contributed by atoms with Gasteiger partial charge in [-0.2, -0.15) is 0 Å². The van der Waals surface area contributed by atoms with Gasteiger partial charge in [0.15, 0.2) is 0 Å². The Morgan fingerprint density at radius 1 is 0.852 bits per heavy atom. The van der Waals surface area contributed by atoms with Crippen LogP contribution in [-0.2, 0) is 0 Å². The first-order valence-corrected chi connectivity index (χ1v) is 13.8. The van der Waals surface area contributed by atoms with Crippen LogP contribution in [0, 0.1) is 13.8 Å². The summed E-state index contributed by atoms with van der Waals surface area (Å²) in [5.41, 5.74) is 4.26. The van der Waals surface area contributed by atoms with Crippen LogP contribution in [0.25, 0.3) is 21.1 Å². The van der Waals surface area contributed by atoms with Crippen LogP contribution in [0.4, 0.5) is 0 Å². The number of halogens is 3. The smallest absolute Gasteiger partial charge is 0.126 e. The summed E-state index contributed by atoms with van der Waals surface area (Å²) in [5.74, 6) is 0. The maximum absolute atomic E-state index is 4.41. The van der Waals surface area contributed by atoms with E-state index in [4.69, 9.17) is 0 Å². The third-order valence-electron chi connectivity index (χ3n) is 3.18. The van der Waals surface area contributed by atoms with E-state index in [0.717, 1.165) is 36.3 Å². The van der Waals surface area contributed by atoms with Gasteiger partial charge >= 0.3 is 0 Å². The highest BCUT2D eigenvalue weighted by Gasteiger charge is 2.06. The third kappa shape index (κ3) is 6.83. The van der Waals surface area contributed by atoms with E-state index in [-0.39, 0.29) is 0 Å². The second kappa shape index (κ2) is 11.8. The molecule has 0 bridgehead atoms. The van der Waals surface area contributed by atoms with Crippen molar-refractivity contribution in [3.63, 3.8) is 0 Å². The lowest BCUT2D eigenvalue weighted by molar-refractivity contribution is 1.24. The van der Waals surface area contributed by atoms with E-state index in [1.165, 1.54) is 0 Å². The maximum atomic E-state index is 4.41. The van der Waals surface area contributed by atoms with Crippen molar-refractivity contribution < 1.29 is 0 Å². The topological polar surface area (TPSA) is 51.6 Å². The second-order valence-corrected chi connectivity index (χ2v) is 8.33. The van der Waals surface area contributed by atoms with E-state index in [9.17, 15) is 0 Å². The van der Waals surface area contributed by atoms with E-state index < -0.39 is 0 Å². The predicted molar refractivity (Wildman–Crippen MR) is 126 cm³/mol. The molecule has 0 aliphatic carbocycles. The molecule has 4 aromatic heterocycles. The summed E-state index contributed by atoms with van der Waals surface area (Å²) in [6.07, 6.45) is 7.19. The van der Waals surface area contributed by atoms with Crippen molar-refractivity contribution >= 4 is 66.9 Å². The summed E-state index contributed by atoms with van der Waals surface area (Å²) in [4.78, 5) is 16.9. The molecular weight excluding hydrogens is 576 g/mol. The Kier molecular flexibility index (Phi) is 9.70. The average Bonchev–Trinajstić information content (AvgIpc) is 3.31. The van der Waals surface area contributed by atoms with Crippen molar-refractivity contribution in [1.29, 1.82) is 0 Å². The number of aryl methyl sites for hydroxylation is 2. The molecule has 0 unspecified atom stereocenters. The molecule has 0 saturated carbocycles. The van der Waals surface area contributed by atoms with Crippen molar-refractivity contribution in [2.24, 2.45) is 0 Å². The largest absolute Gasteiger partial charge is 0.264 e. The zero-order chi connectivity index (χ0) is 19.6. The minimum absolute atomic E-state index is 1.01. The molecule has 4 rings (SSSR count). The molecule has 4 heterocycles. The van der Waals surface area contributed by atoms with Crippen molar-refractivity contribution in [2.45, 2.75) is 13.8 Å². The van der Waals surface area contributed by atoms with Crippen LogP contribution >= 0.6 is 66.9 Å². The normalized spacial score (nSPS) is 9.67. The number of thiazole rings is 2. The molecular formula is C18H15Br3N4S2. The van der Waals surface area contributed by atoms with Crippen molar-refractivity contribution in [3.8, 4) is 21.1 Å². The van der Waals surface area contributed by atoms with Crippen molar-refractivity contribution in [2.75, 3.05) is 0 Å². The van der Waals surface area contributed by atoms with Crippen LogP contribution in [0.15, 0.2) is 58.2 Å². The van der Waals surface area contributed by atoms with E-state index >= 15 is 0 Å². The van der Waals surface area contributed by atoms with Gasteiger partial charge in [-0.15, -0.1) is 22.7 Å². The lowest BCUT2D eigenvalue weighted by atomic mass is 10.3. The van der Waals surface area contributed by atoms with Crippen LogP contribution in [-0.4, -0.2) is 19.9 Å². The maximum Gasteiger partial charge on any atom is 0.126 e. The summed E-state index contributed by atoms with van der Waals surface area (Å²) < 4.78 is 1.09. The van der Waals surface area contributed by atoms with E-state index in [1.807, 2.05) is 55.9 Å². The Morgan fingerprint density at radius 3 is 1.85 bits per heavy atom. The molecule has 0 saturated heterocycles. The molecule has 0 aliphatic heterocycles. The Balaban J connectivity index is 0.000000178. The molecule has 9 heteroatoms. The fourth-order valence-electron chi connectivity index (χ4n) is 1.97. The Hall–Kier alpha value is -1.00. The average molecular weight is 591 g/mol. The molecule has 4 aromatic rings. The predicted octanol–water partition coefficient (Wildman–Crippen LogP) is 7.48. The van der Waals surface area contributed by atoms with Gasteiger partial charge in [-0.25, -0.2) is 9.97 Å². The molecule has 0 N–H and O–H groups in total. The second-order valence-electron chi connectivity index (χ2n) is 5.16. The summed E-state index contributed by atoms with van der Waals surface area (Å²) in [6, 6.07) is 7.87. The number of nitrogens with zero attached hydrogens (tertiary/aromatic N) is 4. The molecule has 0 aliphatic rings. The van der Waals surface area contributed by atoms with Crippen LogP contribution in [0.2, 0.25) is 0 Å². The molecule has 0 fully saturated rings. The van der Waals surface area contributed by atoms with Crippen LogP contribution in [0.5, 0.6) is 0 Å². The summed E-state index contributed by atoms with van der Waals surface area (Å²) in [6.45, 7) is 3.98. The van der Waals surface area contributed by atoms with Crippen LogP contribution < -0.4 is 0 Å². The Morgan fingerprint density at radius 2 is 1.44 bits per heavy atom. The van der Waals surface area contributed by atoms with Gasteiger partial charge in [0.05, 0.1) is 9.48 Å². The number of aromatic nitrogens is 4. The molecule has 4 nitrogen and oxygen atoms in total. The minimum Gasteiger partial charge on any atom is -0.264 e. The van der Waals surface area contributed by atoms with Crippen molar-refractivity contribution in [1.82, 2.24) is 19.9 Å². The van der Waals surface area contributed by atoms with Gasteiger partial charge in [0.2, 0.25) is 0 Å². The van der Waals surface area contributed by atoms with E-state index in [2.05, 4.69) is 64.1 Å². The van der Waals surface area contributed by atoms with Gasteiger partial charge in [-0.05, 0) is 54.0 Å². The molecule has 0 radical (unpaired) electrons. The first-order valence-electron chi connectivity index (χ1n) is 7.63. The summed E-state index contributed by atoms with van der Waals surface area (Å²) in [5, 5.41) is 4.10. The zero-order valence-corrected chi connectivity index (χ0v) is 20.8. The van der Waals surface area contributed by atoms with Crippen molar-refractivity contribution in [3.05, 3.63) is 69.6 Å². The SMILES string of the molecule is BrBr.Cc1csc(-c2cccnc2)n1.Cc1nc(-c2cccnc2)sc1Br. The minimum atomic E-state index is 1.01. The Labute approximate surface area is 190 Å². The first-order chi connectivity index (χ1) is 13.1. The van der Waals surface area contributed by atoms with Gasteiger partial charge in [0.1, 0.15) is 10.0 Å². The monoisotopic (exact) mass is 588 g/mol. The highest BCUT2D eigenvalue weighted by molar-refractivity contribution is 9.93. The zero-order valence-electron chi connectivity index (χ0n) is 14.4. The molecule has 0 atom stereocenters. The number of hydrogen-bond acceptors (Lipinski definition) is 6. The van der Waals surface area contributed by atoms with Gasteiger partial charge in [0.25, 0.3) is 0 Å². The highest BCUT2D eigenvalue weighted by atomic mass is 80.9. The molecule has 0 spiro atoms.